The van der Waals surface area contributed by atoms with Crippen molar-refractivity contribution in [3.63, 3.8) is 0 Å². The molecule has 0 radical (unpaired) electrons. The first-order valence-corrected chi connectivity index (χ1v) is 6.01. The number of likely N-dealkylation sites (tertiary alicyclic amines) is 1. The summed E-state index contributed by atoms with van der Waals surface area (Å²) in [6.45, 7) is 1.59. The van der Waals surface area contributed by atoms with Crippen LogP contribution in [0.2, 0.25) is 0 Å². The lowest BCUT2D eigenvalue weighted by molar-refractivity contribution is 0.0832. The van der Waals surface area contributed by atoms with Crippen LogP contribution in [0.3, 0.4) is 0 Å². The van der Waals surface area contributed by atoms with Gasteiger partial charge in [0, 0.05) is 41.9 Å². The smallest absolute Gasteiger partial charge is 0.315 e. The van der Waals surface area contributed by atoms with E-state index in [-0.39, 0.29) is 6.09 Å². The van der Waals surface area contributed by atoms with E-state index in [0.717, 1.165) is 25.9 Å². The van der Waals surface area contributed by atoms with Crippen LogP contribution in [0.1, 0.15) is 19.3 Å². The quantitative estimate of drug-likeness (QED) is 0.737. The number of aromatic nitrogens is 2. The Morgan fingerprint density at radius 2 is 2.13 bits per heavy atom. The molecule has 0 atom stereocenters. The zero-order valence-electron chi connectivity index (χ0n) is 8.23. The van der Waals surface area contributed by atoms with Gasteiger partial charge in [0.2, 0.25) is 3.83 Å². The topological polar surface area (TPSA) is 47.4 Å². The number of rotatable bonds is 1. The highest BCUT2D eigenvalue weighted by atomic mass is 127. The molecule has 1 amide bonds. The highest BCUT2D eigenvalue weighted by molar-refractivity contribution is 14.1. The molecular weight excluding hydrogens is 309 g/mol. The summed E-state index contributed by atoms with van der Waals surface area (Å²) < 4.78 is 2.04. The second-order valence-electron chi connectivity index (χ2n) is 3.43. The maximum absolute atomic E-state index is 11.7. The lowest BCUT2D eigenvalue weighted by Crippen LogP contribution is -2.40. The molecule has 0 aliphatic carbocycles. The third-order valence-corrected chi connectivity index (χ3v) is 3.11. The van der Waals surface area contributed by atoms with Gasteiger partial charge in [-0.3, -0.25) is 0 Å². The van der Waals surface area contributed by atoms with E-state index in [1.807, 2.05) is 22.6 Å². The second kappa shape index (κ2) is 4.82. The first-order chi connectivity index (χ1) is 7.27. The lowest BCUT2D eigenvalue weighted by Gasteiger charge is -2.25. The number of hydrogen-bond acceptors (Lipinski definition) is 3. The number of piperidine rings is 1. The zero-order valence-corrected chi connectivity index (χ0v) is 10.4. The minimum atomic E-state index is -0.286. The Morgan fingerprint density at radius 3 is 2.73 bits per heavy atom. The van der Waals surface area contributed by atoms with Crippen LogP contribution in [0.5, 0.6) is 0 Å². The van der Waals surface area contributed by atoms with Gasteiger partial charge in [-0.25, -0.2) is 9.78 Å². The van der Waals surface area contributed by atoms with Crippen molar-refractivity contribution in [1.29, 1.82) is 0 Å². The molecule has 0 unspecified atom stereocenters. The molecule has 0 bridgehead atoms. The Bertz CT molecular complexity index is 347. The van der Waals surface area contributed by atoms with Gasteiger partial charge in [0.1, 0.15) is 0 Å². The lowest BCUT2D eigenvalue weighted by atomic mass is 10.1. The molecular formula is C9H12IN3O2. The van der Waals surface area contributed by atoms with Crippen molar-refractivity contribution < 1.29 is 9.63 Å². The fraction of sp³-hybridized carbons (Fsp3) is 0.556. The van der Waals surface area contributed by atoms with Crippen LogP contribution >= 0.6 is 22.6 Å². The zero-order chi connectivity index (χ0) is 10.7. The van der Waals surface area contributed by atoms with E-state index in [0.29, 0.717) is 3.83 Å². The van der Waals surface area contributed by atoms with Gasteiger partial charge in [-0.05, 0) is 19.3 Å². The summed E-state index contributed by atoms with van der Waals surface area (Å²) in [4.78, 5) is 22.5. The Labute approximate surface area is 102 Å². The Kier molecular flexibility index (Phi) is 3.45. The molecule has 5 nitrogen and oxygen atoms in total. The first kappa shape index (κ1) is 10.7. The van der Waals surface area contributed by atoms with Gasteiger partial charge in [0.05, 0.1) is 6.20 Å². The third kappa shape index (κ3) is 2.61. The number of nitrogens with zero attached hydrogens (tertiary/aromatic N) is 3. The number of halogens is 1. The molecule has 15 heavy (non-hydrogen) atoms. The van der Waals surface area contributed by atoms with Crippen LogP contribution in [0.25, 0.3) is 0 Å². The summed E-state index contributed by atoms with van der Waals surface area (Å²) in [5, 5.41) is 0. The predicted octanol–water partition coefficient (Wildman–Crippen LogP) is 1.52. The van der Waals surface area contributed by atoms with Gasteiger partial charge in [-0.1, -0.05) is 0 Å². The van der Waals surface area contributed by atoms with E-state index in [2.05, 4.69) is 4.98 Å². The molecule has 1 aromatic rings. The van der Waals surface area contributed by atoms with Crippen molar-refractivity contribution in [2.75, 3.05) is 13.1 Å². The number of hydrogen-bond donors (Lipinski definition) is 0. The van der Waals surface area contributed by atoms with Crippen molar-refractivity contribution in [3.05, 3.63) is 16.2 Å². The highest BCUT2D eigenvalue weighted by Gasteiger charge is 2.19. The fourth-order valence-electron chi connectivity index (χ4n) is 1.56. The molecule has 0 saturated carbocycles. The summed E-state index contributed by atoms with van der Waals surface area (Å²) in [5.41, 5.74) is 0. The molecule has 0 spiro atoms. The van der Waals surface area contributed by atoms with E-state index in [4.69, 9.17) is 4.84 Å². The van der Waals surface area contributed by atoms with Gasteiger partial charge >= 0.3 is 6.09 Å². The molecule has 82 valence electrons. The van der Waals surface area contributed by atoms with Gasteiger partial charge in [-0.2, -0.15) is 4.73 Å². The summed E-state index contributed by atoms with van der Waals surface area (Å²) in [5.74, 6) is 0. The number of imidazole rings is 1. The highest BCUT2D eigenvalue weighted by Crippen LogP contribution is 2.09. The van der Waals surface area contributed by atoms with Gasteiger partial charge in [0.15, 0.2) is 0 Å². The van der Waals surface area contributed by atoms with Crippen LogP contribution in [-0.2, 0) is 0 Å². The molecule has 2 rings (SSSR count). The van der Waals surface area contributed by atoms with Crippen LogP contribution < -0.4 is 4.84 Å². The SMILES string of the molecule is O=C(On1ccnc1I)N1CCCCC1. The minimum absolute atomic E-state index is 0.286. The van der Waals surface area contributed by atoms with E-state index >= 15 is 0 Å². The number of amides is 1. The number of carbonyl (C=O) groups excluding carboxylic acids is 1. The minimum Gasteiger partial charge on any atom is -0.315 e. The predicted molar refractivity (Wildman–Crippen MR) is 62.3 cm³/mol. The van der Waals surface area contributed by atoms with Crippen molar-refractivity contribution in [2.24, 2.45) is 0 Å². The first-order valence-electron chi connectivity index (χ1n) is 4.93. The van der Waals surface area contributed by atoms with Crippen molar-refractivity contribution in [2.45, 2.75) is 19.3 Å². The van der Waals surface area contributed by atoms with Crippen molar-refractivity contribution in [3.8, 4) is 0 Å². The van der Waals surface area contributed by atoms with E-state index in [1.54, 1.807) is 17.3 Å². The van der Waals surface area contributed by atoms with Gasteiger partial charge in [0.25, 0.3) is 0 Å². The van der Waals surface area contributed by atoms with E-state index < -0.39 is 0 Å². The summed E-state index contributed by atoms with van der Waals surface area (Å²) in [6, 6.07) is 0. The summed E-state index contributed by atoms with van der Waals surface area (Å²) in [6.07, 6.45) is 6.28. The molecule has 1 aliphatic heterocycles. The summed E-state index contributed by atoms with van der Waals surface area (Å²) in [7, 11) is 0. The molecule has 1 fully saturated rings. The second-order valence-corrected chi connectivity index (χ2v) is 4.39. The molecule has 6 heteroatoms. The molecule has 1 aliphatic rings. The van der Waals surface area contributed by atoms with E-state index in [9.17, 15) is 4.79 Å². The fourth-order valence-corrected chi connectivity index (χ4v) is 1.98. The Morgan fingerprint density at radius 1 is 1.40 bits per heavy atom. The standard InChI is InChI=1S/C9H12IN3O2/c10-8-11-4-7-13(8)15-9(14)12-5-2-1-3-6-12/h4,7H,1-3,5-6H2. The van der Waals surface area contributed by atoms with Gasteiger partial charge in [-0.15, -0.1) is 0 Å². The monoisotopic (exact) mass is 321 g/mol. The van der Waals surface area contributed by atoms with Crippen LogP contribution in [-0.4, -0.2) is 33.8 Å². The Hall–Kier alpha value is -0.790. The van der Waals surface area contributed by atoms with Crippen LogP contribution in [0, 0.1) is 3.83 Å². The Balaban J connectivity index is 1.94. The van der Waals surface area contributed by atoms with Gasteiger partial charge < -0.3 is 9.74 Å². The molecule has 1 saturated heterocycles. The van der Waals surface area contributed by atoms with Crippen molar-refractivity contribution >= 4 is 28.7 Å². The van der Waals surface area contributed by atoms with E-state index in [1.165, 1.54) is 11.2 Å². The maximum atomic E-state index is 11.7. The maximum Gasteiger partial charge on any atom is 0.434 e. The average Bonchev–Trinajstić information content (AvgIpc) is 2.66. The molecule has 0 N–H and O–H groups in total. The molecule has 1 aromatic heterocycles. The largest absolute Gasteiger partial charge is 0.434 e. The number of carbonyl (C=O) groups is 1. The molecule has 0 aromatic carbocycles. The normalized spacial score (nSPS) is 16.5. The van der Waals surface area contributed by atoms with Crippen LogP contribution in [0.4, 0.5) is 4.79 Å². The summed E-state index contributed by atoms with van der Waals surface area (Å²) >= 11 is 2.02. The van der Waals surface area contributed by atoms with Crippen molar-refractivity contribution in [1.82, 2.24) is 14.6 Å². The average molecular weight is 321 g/mol. The van der Waals surface area contributed by atoms with Crippen LogP contribution in [0.15, 0.2) is 12.4 Å². The third-order valence-electron chi connectivity index (χ3n) is 2.36. The molecule has 2 heterocycles.